The summed E-state index contributed by atoms with van der Waals surface area (Å²) in [5.74, 6) is -0.236. The van der Waals surface area contributed by atoms with Gasteiger partial charge in [-0.25, -0.2) is 4.39 Å². The third-order valence-electron chi connectivity index (χ3n) is 2.79. The smallest absolute Gasteiger partial charge is 0.139 e. The average Bonchev–Trinajstić information content (AvgIpc) is 2.66. The van der Waals surface area contributed by atoms with Crippen molar-refractivity contribution >= 4 is 38.8 Å². The van der Waals surface area contributed by atoms with Gasteiger partial charge < -0.3 is 0 Å². The summed E-state index contributed by atoms with van der Waals surface area (Å²) in [5.41, 5.74) is 1.99. The Kier molecular flexibility index (Phi) is 4.53. The largest absolute Gasteiger partial charge is 0.284 e. The molecule has 1 heterocycles. The van der Waals surface area contributed by atoms with Gasteiger partial charge in [0.2, 0.25) is 0 Å². The van der Waals surface area contributed by atoms with Crippen molar-refractivity contribution in [3.63, 3.8) is 0 Å². The van der Waals surface area contributed by atoms with Crippen molar-refractivity contribution in [1.82, 2.24) is 3.97 Å². The minimum absolute atomic E-state index is 0.236. The quantitative estimate of drug-likeness (QED) is 0.637. The first-order chi connectivity index (χ1) is 9.06. The summed E-state index contributed by atoms with van der Waals surface area (Å²) in [5, 5.41) is 1.04. The van der Waals surface area contributed by atoms with E-state index >= 15 is 0 Å². The number of hydrogen-bond acceptors (Lipinski definition) is 1. The Bertz CT molecular complexity index is 670. The van der Waals surface area contributed by atoms with E-state index in [1.54, 1.807) is 18.0 Å². The normalized spacial score (nSPS) is 12.8. The molecule has 1 nitrogen and oxygen atoms in total. The van der Waals surface area contributed by atoms with Crippen LogP contribution in [0.1, 0.15) is 19.5 Å². The van der Waals surface area contributed by atoms with Gasteiger partial charge in [0.1, 0.15) is 5.82 Å². The summed E-state index contributed by atoms with van der Waals surface area (Å²) in [6, 6.07) is 5.46. The molecule has 0 radical (unpaired) electrons. The van der Waals surface area contributed by atoms with Gasteiger partial charge >= 0.3 is 0 Å². The number of benzene rings is 1. The number of rotatable bonds is 3. The molecule has 0 aliphatic carbocycles. The fourth-order valence-corrected chi connectivity index (χ4v) is 3.21. The van der Waals surface area contributed by atoms with Crippen molar-refractivity contribution in [2.24, 2.45) is 0 Å². The van der Waals surface area contributed by atoms with Gasteiger partial charge in [-0.2, -0.15) is 0 Å². The van der Waals surface area contributed by atoms with Crippen molar-refractivity contribution in [3.05, 3.63) is 57.3 Å². The molecule has 0 saturated heterocycles. The molecular weight excluding hydrogens is 325 g/mol. The lowest BCUT2D eigenvalue weighted by Crippen LogP contribution is -1.90. The fourth-order valence-electron chi connectivity index (χ4n) is 1.89. The number of aryl methyl sites for hydroxylation is 1. The van der Waals surface area contributed by atoms with Crippen LogP contribution in [0.2, 0.25) is 0 Å². The number of hydrogen-bond donors (Lipinski definition) is 0. The maximum absolute atomic E-state index is 13.7. The minimum Gasteiger partial charge on any atom is -0.284 e. The lowest BCUT2D eigenvalue weighted by molar-refractivity contribution is 0.623. The van der Waals surface area contributed by atoms with Crippen LogP contribution in [0.3, 0.4) is 0 Å². The highest BCUT2D eigenvalue weighted by Crippen LogP contribution is 2.32. The summed E-state index contributed by atoms with van der Waals surface area (Å²) in [7, 11) is 0. The fraction of sp³-hybridized carbons (Fsp3) is 0.200. The second-order valence-corrected chi connectivity index (χ2v) is 6.06. The van der Waals surface area contributed by atoms with Gasteiger partial charge in [0.05, 0.1) is 9.99 Å². The zero-order valence-corrected chi connectivity index (χ0v) is 13.5. The van der Waals surface area contributed by atoms with E-state index in [0.29, 0.717) is 4.47 Å². The van der Waals surface area contributed by atoms with Gasteiger partial charge in [-0.15, -0.1) is 0 Å². The Hall–Kier alpha value is -1.00. The van der Waals surface area contributed by atoms with Gasteiger partial charge in [0.15, 0.2) is 0 Å². The zero-order chi connectivity index (χ0) is 14.0. The summed E-state index contributed by atoms with van der Waals surface area (Å²) in [4.78, 5) is 1.13. The van der Waals surface area contributed by atoms with Crippen LogP contribution >= 0.6 is 27.9 Å². The maximum atomic E-state index is 13.7. The van der Waals surface area contributed by atoms with Crippen LogP contribution in [0.25, 0.3) is 10.9 Å². The van der Waals surface area contributed by atoms with Crippen molar-refractivity contribution < 1.29 is 4.39 Å². The third-order valence-corrected chi connectivity index (χ3v) is 4.64. The highest BCUT2D eigenvalue weighted by molar-refractivity contribution is 9.10. The van der Waals surface area contributed by atoms with Gasteiger partial charge in [-0.05, 0) is 60.8 Å². The van der Waals surface area contributed by atoms with Crippen LogP contribution in [0.4, 0.5) is 4.39 Å². The molecule has 4 heteroatoms. The van der Waals surface area contributed by atoms with Crippen molar-refractivity contribution in [3.8, 4) is 0 Å². The van der Waals surface area contributed by atoms with E-state index in [-0.39, 0.29) is 5.82 Å². The Morgan fingerprint density at radius 3 is 2.68 bits per heavy atom. The van der Waals surface area contributed by atoms with E-state index in [1.807, 2.05) is 45.1 Å². The van der Waals surface area contributed by atoms with Crippen LogP contribution in [-0.4, -0.2) is 3.97 Å². The van der Waals surface area contributed by atoms with Crippen LogP contribution in [0.5, 0.6) is 0 Å². The second kappa shape index (κ2) is 5.97. The first kappa shape index (κ1) is 14.4. The first-order valence-corrected chi connectivity index (χ1v) is 7.58. The van der Waals surface area contributed by atoms with E-state index in [9.17, 15) is 4.39 Å². The highest BCUT2D eigenvalue weighted by Gasteiger charge is 2.10. The predicted octanol–water partition coefficient (Wildman–Crippen LogP) is 5.83. The molecule has 2 rings (SSSR count). The van der Waals surface area contributed by atoms with E-state index in [2.05, 4.69) is 26.0 Å². The number of nitrogens with zero attached hydrogens (tertiary/aromatic N) is 1. The highest BCUT2D eigenvalue weighted by atomic mass is 79.9. The summed E-state index contributed by atoms with van der Waals surface area (Å²) >= 11 is 4.83. The SMILES string of the molecule is CC=CC(=CC)Sn1c(C)cc2cc(Br)c(F)cc21. The van der Waals surface area contributed by atoms with E-state index in [4.69, 9.17) is 0 Å². The van der Waals surface area contributed by atoms with Crippen LogP contribution in [0, 0.1) is 12.7 Å². The molecule has 0 amide bonds. The monoisotopic (exact) mass is 339 g/mol. The van der Waals surface area contributed by atoms with Gasteiger partial charge in [-0.1, -0.05) is 18.2 Å². The molecule has 0 atom stereocenters. The molecule has 19 heavy (non-hydrogen) atoms. The Labute approximate surface area is 125 Å². The molecule has 0 bridgehead atoms. The molecular formula is C15H15BrFNS. The molecule has 1 aromatic heterocycles. The maximum Gasteiger partial charge on any atom is 0.139 e. The van der Waals surface area contributed by atoms with Crippen LogP contribution < -0.4 is 0 Å². The van der Waals surface area contributed by atoms with Crippen molar-refractivity contribution in [2.45, 2.75) is 20.8 Å². The van der Waals surface area contributed by atoms with Gasteiger partial charge in [0.25, 0.3) is 0 Å². The Morgan fingerprint density at radius 1 is 1.32 bits per heavy atom. The molecule has 0 aliphatic heterocycles. The minimum atomic E-state index is -0.236. The molecule has 100 valence electrons. The number of halogens is 2. The van der Waals surface area contributed by atoms with Crippen molar-refractivity contribution in [1.29, 1.82) is 0 Å². The average molecular weight is 340 g/mol. The zero-order valence-electron chi connectivity index (χ0n) is 11.1. The van der Waals surface area contributed by atoms with Gasteiger partial charge in [-0.3, -0.25) is 3.97 Å². The molecule has 1 aromatic carbocycles. The second-order valence-electron chi connectivity index (χ2n) is 4.19. The predicted molar refractivity (Wildman–Crippen MR) is 85.9 cm³/mol. The van der Waals surface area contributed by atoms with E-state index in [1.165, 1.54) is 0 Å². The summed E-state index contributed by atoms with van der Waals surface area (Å²) < 4.78 is 16.3. The molecule has 0 unspecified atom stereocenters. The topological polar surface area (TPSA) is 4.93 Å². The van der Waals surface area contributed by atoms with E-state index in [0.717, 1.165) is 21.5 Å². The third kappa shape index (κ3) is 2.95. The lowest BCUT2D eigenvalue weighted by atomic mass is 10.2. The standard InChI is InChI=1S/C15H15BrFNS/c1-4-6-12(5-2)19-18-10(3)7-11-8-13(16)14(17)9-15(11)18/h4-9H,1-3H3. The molecule has 0 spiro atoms. The summed E-state index contributed by atoms with van der Waals surface area (Å²) in [6.07, 6.45) is 6.09. The molecule has 0 fully saturated rings. The Morgan fingerprint density at radius 2 is 2.05 bits per heavy atom. The lowest BCUT2D eigenvalue weighted by Gasteiger charge is -2.08. The summed E-state index contributed by atoms with van der Waals surface area (Å²) in [6.45, 7) is 6.02. The number of aromatic nitrogens is 1. The Balaban J connectivity index is 2.54. The van der Waals surface area contributed by atoms with Crippen molar-refractivity contribution in [2.75, 3.05) is 0 Å². The molecule has 0 aliphatic rings. The molecule has 0 N–H and O–H groups in total. The first-order valence-electron chi connectivity index (χ1n) is 6.01. The van der Waals surface area contributed by atoms with Crippen LogP contribution in [-0.2, 0) is 0 Å². The number of fused-ring (bicyclic) bond motifs is 1. The van der Waals surface area contributed by atoms with E-state index < -0.39 is 0 Å². The number of allylic oxidation sites excluding steroid dienone is 3. The van der Waals surface area contributed by atoms with Crippen LogP contribution in [0.15, 0.2) is 45.8 Å². The molecule has 2 aromatic rings. The molecule has 0 saturated carbocycles. The van der Waals surface area contributed by atoms with Gasteiger partial charge in [0, 0.05) is 22.1 Å².